The second-order valence-corrected chi connectivity index (χ2v) is 7.47. The second-order valence-electron chi connectivity index (χ2n) is 5.49. The van der Waals surface area contributed by atoms with E-state index in [0.29, 0.717) is 6.42 Å². The van der Waals surface area contributed by atoms with Crippen LogP contribution in [0.25, 0.3) is 11.4 Å². The maximum Gasteiger partial charge on any atom is 0.191 e. The van der Waals surface area contributed by atoms with Gasteiger partial charge in [-0.1, -0.05) is 39.8 Å². The lowest BCUT2D eigenvalue weighted by Gasteiger charge is -2.04. The molecule has 128 valence electrons. The van der Waals surface area contributed by atoms with Crippen LogP contribution in [-0.2, 0) is 7.05 Å². The van der Waals surface area contributed by atoms with Crippen LogP contribution in [0.1, 0.15) is 23.2 Å². The van der Waals surface area contributed by atoms with Gasteiger partial charge in [0.05, 0.1) is 0 Å². The van der Waals surface area contributed by atoms with Crippen molar-refractivity contribution in [3.05, 3.63) is 58.8 Å². The third-order valence-corrected chi connectivity index (χ3v) is 5.34. The summed E-state index contributed by atoms with van der Waals surface area (Å²) in [6.07, 6.45) is 4.84. The zero-order chi connectivity index (χ0) is 17.6. The lowest BCUT2D eigenvalue weighted by molar-refractivity contribution is 0.0982. The Morgan fingerprint density at radius 3 is 2.72 bits per heavy atom. The van der Waals surface area contributed by atoms with Gasteiger partial charge >= 0.3 is 0 Å². The number of carbonyl (C=O) groups excluding carboxylic acids is 1. The Hall–Kier alpha value is -1.99. The first kappa shape index (κ1) is 17.8. The fraction of sp³-hybridized carbons (Fsp3) is 0.222. The molecule has 0 unspecified atom stereocenters. The van der Waals surface area contributed by atoms with Crippen molar-refractivity contribution in [2.45, 2.75) is 18.0 Å². The first-order chi connectivity index (χ1) is 12.1. The molecule has 0 N–H and O–H groups in total. The number of halogens is 1. The van der Waals surface area contributed by atoms with Gasteiger partial charge in [0, 0.05) is 47.2 Å². The van der Waals surface area contributed by atoms with E-state index in [1.165, 1.54) is 0 Å². The van der Waals surface area contributed by atoms with E-state index in [0.717, 1.165) is 38.8 Å². The molecule has 2 aromatic heterocycles. The van der Waals surface area contributed by atoms with Crippen molar-refractivity contribution in [2.75, 3.05) is 5.75 Å². The van der Waals surface area contributed by atoms with Crippen LogP contribution in [0.2, 0.25) is 0 Å². The first-order valence-electron chi connectivity index (χ1n) is 7.86. The normalized spacial score (nSPS) is 10.8. The van der Waals surface area contributed by atoms with Crippen molar-refractivity contribution in [3.8, 4) is 11.4 Å². The predicted molar refractivity (Wildman–Crippen MR) is 103 cm³/mol. The Labute approximate surface area is 159 Å². The molecule has 0 bridgehead atoms. The second kappa shape index (κ2) is 8.40. The fourth-order valence-electron chi connectivity index (χ4n) is 2.36. The number of rotatable bonds is 7. The molecule has 0 atom stereocenters. The van der Waals surface area contributed by atoms with Crippen LogP contribution in [-0.4, -0.2) is 31.3 Å². The minimum Gasteiger partial charge on any atom is -0.305 e. The van der Waals surface area contributed by atoms with Gasteiger partial charge in [0.2, 0.25) is 0 Å². The van der Waals surface area contributed by atoms with Gasteiger partial charge < -0.3 is 4.57 Å². The van der Waals surface area contributed by atoms with Gasteiger partial charge in [-0.15, -0.1) is 10.2 Å². The Kier molecular flexibility index (Phi) is 5.99. The van der Waals surface area contributed by atoms with Gasteiger partial charge in [0.25, 0.3) is 0 Å². The van der Waals surface area contributed by atoms with E-state index in [9.17, 15) is 4.79 Å². The molecule has 5 nitrogen and oxygen atoms in total. The third kappa shape index (κ3) is 4.55. The van der Waals surface area contributed by atoms with E-state index in [2.05, 4.69) is 31.1 Å². The summed E-state index contributed by atoms with van der Waals surface area (Å²) in [7, 11) is 1.94. The summed E-state index contributed by atoms with van der Waals surface area (Å²) < 4.78 is 2.93. The minimum atomic E-state index is 0.169. The van der Waals surface area contributed by atoms with Gasteiger partial charge in [-0.05, 0) is 30.7 Å². The predicted octanol–water partition coefficient (Wildman–Crippen LogP) is 4.39. The lowest BCUT2D eigenvalue weighted by atomic mass is 10.1. The summed E-state index contributed by atoms with van der Waals surface area (Å²) in [5, 5.41) is 9.31. The van der Waals surface area contributed by atoms with Crippen LogP contribution in [0.5, 0.6) is 0 Å². The molecule has 0 fully saturated rings. The van der Waals surface area contributed by atoms with Gasteiger partial charge in [0.15, 0.2) is 16.8 Å². The monoisotopic (exact) mass is 416 g/mol. The minimum absolute atomic E-state index is 0.169. The number of aromatic nitrogens is 4. The molecular formula is C18H17BrN4OS. The van der Waals surface area contributed by atoms with Crippen molar-refractivity contribution in [1.29, 1.82) is 0 Å². The van der Waals surface area contributed by atoms with Gasteiger partial charge in [-0.2, -0.15) is 0 Å². The van der Waals surface area contributed by atoms with Crippen LogP contribution >= 0.6 is 27.7 Å². The van der Waals surface area contributed by atoms with E-state index < -0.39 is 0 Å². The first-order valence-corrected chi connectivity index (χ1v) is 9.64. The highest BCUT2D eigenvalue weighted by atomic mass is 79.9. The van der Waals surface area contributed by atoms with Crippen LogP contribution in [0.4, 0.5) is 0 Å². The third-order valence-electron chi connectivity index (χ3n) is 3.70. The number of benzene rings is 1. The highest BCUT2D eigenvalue weighted by molar-refractivity contribution is 9.10. The molecule has 0 saturated carbocycles. The molecular weight excluding hydrogens is 400 g/mol. The molecule has 0 aliphatic carbocycles. The Morgan fingerprint density at radius 2 is 2.00 bits per heavy atom. The van der Waals surface area contributed by atoms with Crippen LogP contribution < -0.4 is 0 Å². The molecule has 0 saturated heterocycles. The molecule has 0 aliphatic rings. The topological polar surface area (TPSA) is 60.7 Å². The van der Waals surface area contributed by atoms with Crippen LogP contribution in [0, 0.1) is 0 Å². The van der Waals surface area contributed by atoms with Gasteiger partial charge in [-0.3, -0.25) is 9.78 Å². The van der Waals surface area contributed by atoms with E-state index in [1.54, 1.807) is 24.2 Å². The van der Waals surface area contributed by atoms with Crippen LogP contribution in [0.15, 0.2) is 58.4 Å². The summed E-state index contributed by atoms with van der Waals surface area (Å²) in [5.74, 6) is 1.78. The van der Waals surface area contributed by atoms with E-state index in [4.69, 9.17) is 0 Å². The highest BCUT2D eigenvalue weighted by Crippen LogP contribution is 2.23. The number of thioether (sulfide) groups is 1. The van der Waals surface area contributed by atoms with Crippen molar-refractivity contribution >= 4 is 33.5 Å². The molecule has 25 heavy (non-hydrogen) atoms. The fourth-order valence-corrected chi connectivity index (χ4v) is 3.48. The summed E-state index contributed by atoms with van der Waals surface area (Å²) in [6.45, 7) is 0. The zero-order valence-electron chi connectivity index (χ0n) is 13.7. The Morgan fingerprint density at radius 1 is 1.20 bits per heavy atom. The van der Waals surface area contributed by atoms with E-state index >= 15 is 0 Å². The number of Topliss-reactive ketones (excluding diaryl/α,β-unsaturated/α-hetero) is 1. The smallest absolute Gasteiger partial charge is 0.191 e. The zero-order valence-corrected chi connectivity index (χ0v) is 16.1. The van der Waals surface area contributed by atoms with Gasteiger partial charge in [-0.25, -0.2) is 0 Å². The Bertz CT molecular complexity index is 849. The molecule has 3 aromatic rings. The van der Waals surface area contributed by atoms with Crippen molar-refractivity contribution in [2.24, 2.45) is 7.05 Å². The molecule has 7 heteroatoms. The number of hydrogen-bond donors (Lipinski definition) is 0. The Balaban J connectivity index is 1.52. The maximum atomic E-state index is 12.2. The molecule has 2 heterocycles. The number of pyridine rings is 1. The maximum absolute atomic E-state index is 12.2. The van der Waals surface area contributed by atoms with Crippen LogP contribution in [0.3, 0.4) is 0 Å². The largest absolute Gasteiger partial charge is 0.305 e. The number of ketones is 1. The number of nitrogens with zero attached hydrogens (tertiary/aromatic N) is 4. The molecule has 0 aliphatic heterocycles. The summed E-state index contributed by atoms with van der Waals surface area (Å²) in [4.78, 5) is 16.3. The van der Waals surface area contributed by atoms with E-state index in [-0.39, 0.29) is 5.78 Å². The molecule has 3 rings (SSSR count). The average molecular weight is 417 g/mol. The summed E-state index contributed by atoms with van der Waals surface area (Å²) in [6, 6.07) is 11.3. The average Bonchev–Trinajstić information content (AvgIpc) is 3.00. The van der Waals surface area contributed by atoms with Crippen molar-refractivity contribution in [3.63, 3.8) is 0 Å². The SMILES string of the molecule is Cn1c(SCCCC(=O)c2ccc(Br)cc2)nnc1-c1cccnc1. The van der Waals surface area contributed by atoms with Crippen molar-refractivity contribution < 1.29 is 4.79 Å². The number of carbonyl (C=O) groups is 1. The molecule has 1 aromatic carbocycles. The van der Waals surface area contributed by atoms with Gasteiger partial charge in [0.1, 0.15) is 0 Å². The van der Waals surface area contributed by atoms with E-state index in [1.807, 2.05) is 48.0 Å². The van der Waals surface area contributed by atoms with Crippen molar-refractivity contribution in [1.82, 2.24) is 19.7 Å². The summed E-state index contributed by atoms with van der Waals surface area (Å²) >= 11 is 4.99. The standard InChI is InChI=1S/C18H17BrN4OS/c1-23-17(14-4-2-10-20-12-14)21-22-18(23)25-11-3-5-16(24)13-6-8-15(19)9-7-13/h2,4,6-10,12H,3,5,11H2,1H3. The summed E-state index contributed by atoms with van der Waals surface area (Å²) in [5.41, 5.74) is 1.69. The quantitative estimate of drug-likeness (QED) is 0.324. The highest BCUT2D eigenvalue weighted by Gasteiger charge is 2.11. The number of hydrogen-bond acceptors (Lipinski definition) is 5. The molecule has 0 spiro atoms. The molecule has 0 radical (unpaired) electrons. The molecule has 0 amide bonds. The lowest BCUT2D eigenvalue weighted by Crippen LogP contribution is -2.00.